The summed E-state index contributed by atoms with van der Waals surface area (Å²) >= 11 is 3.49. The molecule has 1 fully saturated rings. The van der Waals surface area contributed by atoms with Gasteiger partial charge in [0, 0.05) is 16.6 Å². The van der Waals surface area contributed by atoms with Gasteiger partial charge < -0.3 is 5.32 Å². The Kier molecular flexibility index (Phi) is 3.81. The monoisotopic (exact) mass is 319 g/mol. The number of rotatable bonds is 4. The van der Waals surface area contributed by atoms with Crippen LogP contribution in [0.4, 0.5) is 0 Å². The summed E-state index contributed by atoms with van der Waals surface area (Å²) in [4.78, 5) is 0. The van der Waals surface area contributed by atoms with E-state index in [-0.39, 0.29) is 0 Å². The highest BCUT2D eigenvalue weighted by Crippen LogP contribution is 2.45. The van der Waals surface area contributed by atoms with E-state index in [9.17, 15) is 0 Å². The molecule has 1 saturated carbocycles. The van der Waals surface area contributed by atoms with Gasteiger partial charge in [-0.1, -0.05) is 40.2 Å². The molecule has 4 unspecified atom stereocenters. The molecule has 3 rings (SSSR count). The van der Waals surface area contributed by atoms with E-state index >= 15 is 0 Å². The summed E-state index contributed by atoms with van der Waals surface area (Å²) in [5.74, 6) is 2.51. The molecule has 0 spiro atoms. The molecule has 0 aromatic heterocycles. The lowest BCUT2D eigenvalue weighted by Gasteiger charge is -2.29. The predicted octanol–water partition coefficient (Wildman–Crippen LogP) is 4.70. The van der Waals surface area contributed by atoms with Gasteiger partial charge in [-0.25, -0.2) is 0 Å². The van der Waals surface area contributed by atoms with Gasteiger partial charge in [-0.2, -0.15) is 0 Å². The van der Waals surface area contributed by atoms with Crippen LogP contribution < -0.4 is 5.32 Å². The van der Waals surface area contributed by atoms with Crippen molar-refractivity contribution in [2.75, 3.05) is 0 Å². The van der Waals surface area contributed by atoms with Crippen molar-refractivity contribution < 1.29 is 0 Å². The molecular formula is C17H22BrN. The fourth-order valence-corrected chi connectivity index (χ4v) is 4.03. The van der Waals surface area contributed by atoms with Crippen molar-refractivity contribution in [1.29, 1.82) is 0 Å². The fraction of sp³-hybridized carbons (Fsp3) is 0.529. The molecule has 2 aliphatic rings. The predicted molar refractivity (Wildman–Crippen MR) is 84.0 cm³/mol. The molecule has 0 heterocycles. The molecule has 19 heavy (non-hydrogen) atoms. The lowest BCUT2D eigenvalue weighted by molar-refractivity contribution is 0.307. The van der Waals surface area contributed by atoms with E-state index in [1.807, 2.05) is 0 Å². The lowest BCUT2D eigenvalue weighted by atomic mass is 9.87. The van der Waals surface area contributed by atoms with Crippen LogP contribution >= 0.6 is 15.9 Å². The minimum absolute atomic E-state index is 0.422. The van der Waals surface area contributed by atoms with E-state index in [0.29, 0.717) is 12.1 Å². The number of fused-ring (bicyclic) bond motifs is 2. The zero-order chi connectivity index (χ0) is 13.4. The number of nitrogens with one attached hydrogen (secondary N) is 1. The highest BCUT2D eigenvalue weighted by molar-refractivity contribution is 9.10. The Labute approximate surface area is 124 Å². The molecule has 1 aromatic rings. The number of halogens is 1. The summed E-state index contributed by atoms with van der Waals surface area (Å²) in [6, 6.07) is 9.67. The standard InChI is InChI=1S/C17H22BrN/c1-11(14-5-7-16(18)8-6-14)19-12(2)17-10-13-3-4-15(17)9-13/h3-8,11-13,15,17,19H,9-10H2,1-2H3/t11-,12?,13?,15?,17?/m0/s1. The van der Waals surface area contributed by atoms with Crippen LogP contribution in [0.25, 0.3) is 0 Å². The van der Waals surface area contributed by atoms with Crippen molar-refractivity contribution >= 4 is 15.9 Å². The van der Waals surface area contributed by atoms with Crippen molar-refractivity contribution in [3.8, 4) is 0 Å². The maximum atomic E-state index is 3.79. The molecule has 1 nitrogen and oxygen atoms in total. The van der Waals surface area contributed by atoms with Gasteiger partial charge >= 0.3 is 0 Å². The average Bonchev–Trinajstić information content (AvgIpc) is 3.01. The van der Waals surface area contributed by atoms with Crippen molar-refractivity contribution in [1.82, 2.24) is 5.32 Å². The van der Waals surface area contributed by atoms with Crippen LogP contribution in [0.5, 0.6) is 0 Å². The smallest absolute Gasteiger partial charge is 0.0294 e. The maximum absolute atomic E-state index is 3.79. The highest BCUT2D eigenvalue weighted by Gasteiger charge is 2.38. The van der Waals surface area contributed by atoms with Gasteiger partial charge in [0.25, 0.3) is 0 Å². The molecular weight excluding hydrogens is 298 g/mol. The van der Waals surface area contributed by atoms with E-state index in [1.165, 1.54) is 18.4 Å². The molecule has 1 aromatic carbocycles. The summed E-state index contributed by atoms with van der Waals surface area (Å²) in [5, 5.41) is 3.79. The van der Waals surface area contributed by atoms with E-state index in [4.69, 9.17) is 0 Å². The van der Waals surface area contributed by atoms with Gasteiger partial charge in [0.2, 0.25) is 0 Å². The first kappa shape index (κ1) is 13.4. The highest BCUT2D eigenvalue weighted by atomic mass is 79.9. The van der Waals surface area contributed by atoms with Crippen molar-refractivity contribution in [2.24, 2.45) is 17.8 Å². The van der Waals surface area contributed by atoms with Crippen LogP contribution in [0.1, 0.15) is 38.3 Å². The van der Waals surface area contributed by atoms with Gasteiger partial charge in [0.1, 0.15) is 0 Å². The summed E-state index contributed by atoms with van der Waals surface area (Å²) in [6.07, 6.45) is 7.64. The Bertz CT molecular complexity index is 465. The van der Waals surface area contributed by atoms with E-state index in [1.54, 1.807) is 0 Å². The maximum Gasteiger partial charge on any atom is 0.0294 e. The Balaban J connectivity index is 1.61. The molecule has 0 aliphatic heterocycles. The Hall–Kier alpha value is -0.600. The van der Waals surface area contributed by atoms with Crippen molar-refractivity contribution in [2.45, 2.75) is 38.8 Å². The Morgan fingerprint density at radius 3 is 2.42 bits per heavy atom. The average molecular weight is 320 g/mol. The lowest BCUT2D eigenvalue weighted by Crippen LogP contribution is -2.37. The van der Waals surface area contributed by atoms with E-state index < -0.39 is 0 Å². The number of hydrogen-bond acceptors (Lipinski definition) is 1. The first-order valence-electron chi connectivity index (χ1n) is 7.33. The molecule has 102 valence electrons. The normalized spacial score (nSPS) is 31.6. The topological polar surface area (TPSA) is 12.0 Å². The fourth-order valence-electron chi connectivity index (χ4n) is 3.76. The molecule has 0 saturated heterocycles. The summed E-state index contributed by atoms with van der Waals surface area (Å²) in [5.41, 5.74) is 1.37. The quantitative estimate of drug-likeness (QED) is 0.793. The first-order chi connectivity index (χ1) is 9.13. The molecule has 2 heteroatoms. The van der Waals surface area contributed by atoms with E-state index in [2.05, 4.69) is 71.5 Å². The molecule has 1 N–H and O–H groups in total. The number of allylic oxidation sites excluding steroid dienone is 2. The third kappa shape index (κ3) is 2.80. The SMILES string of the molecule is CC(N[C@@H](C)c1ccc(Br)cc1)C1CC2C=CC1C2. The largest absolute Gasteiger partial charge is 0.307 e. The second-order valence-corrected chi connectivity index (χ2v) is 7.09. The van der Waals surface area contributed by atoms with Crippen LogP contribution in [-0.4, -0.2) is 6.04 Å². The van der Waals surface area contributed by atoms with E-state index in [0.717, 1.165) is 22.2 Å². The number of hydrogen-bond donors (Lipinski definition) is 1. The molecule has 5 atom stereocenters. The van der Waals surface area contributed by atoms with Gasteiger partial charge in [-0.3, -0.25) is 0 Å². The van der Waals surface area contributed by atoms with Gasteiger partial charge in [-0.15, -0.1) is 0 Å². The minimum atomic E-state index is 0.422. The van der Waals surface area contributed by atoms with Crippen LogP contribution in [0.15, 0.2) is 40.9 Å². The zero-order valence-corrected chi connectivity index (χ0v) is 13.2. The zero-order valence-electron chi connectivity index (χ0n) is 11.6. The summed E-state index contributed by atoms with van der Waals surface area (Å²) in [6.45, 7) is 4.62. The van der Waals surface area contributed by atoms with Crippen molar-refractivity contribution in [3.05, 3.63) is 46.5 Å². The second kappa shape index (κ2) is 5.41. The minimum Gasteiger partial charge on any atom is -0.307 e. The third-order valence-corrected chi connectivity index (χ3v) is 5.38. The van der Waals surface area contributed by atoms with Crippen molar-refractivity contribution in [3.63, 3.8) is 0 Å². The van der Waals surface area contributed by atoms with Crippen LogP contribution in [0.2, 0.25) is 0 Å². The van der Waals surface area contributed by atoms with Crippen LogP contribution in [0.3, 0.4) is 0 Å². The summed E-state index contributed by atoms with van der Waals surface area (Å²) in [7, 11) is 0. The second-order valence-electron chi connectivity index (χ2n) is 6.17. The Morgan fingerprint density at radius 2 is 1.84 bits per heavy atom. The molecule has 2 bridgehead atoms. The van der Waals surface area contributed by atoms with Gasteiger partial charge in [-0.05, 0) is 62.1 Å². The first-order valence-corrected chi connectivity index (χ1v) is 8.12. The van der Waals surface area contributed by atoms with Crippen LogP contribution in [-0.2, 0) is 0 Å². The van der Waals surface area contributed by atoms with Gasteiger partial charge in [0.05, 0.1) is 0 Å². The van der Waals surface area contributed by atoms with Gasteiger partial charge in [0.15, 0.2) is 0 Å². The molecule has 2 aliphatic carbocycles. The Morgan fingerprint density at radius 1 is 1.11 bits per heavy atom. The molecule has 0 amide bonds. The summed E-state index contributed by atoms with van der Waals surface area (Å²) < 4.78 is 1.15. The molecule has 0 radical (unpaired) electrons. The van der Waals surface area contributed by atoms with Crippen LogP contribution in [0, 0.1) is 17.8 Å². The number of benzene rings is 1. The third-order valence-electron chi connectivity index (χ3n) is 4.86.